The monoisotopic (exact) mass is 293 g/mol. The van der Waals surface area contributed by atoms with Crippen LogP contribution in [0, 0.1) is 5.82 Å². The molecule has 1 aromatic rings. The molecule has 2 aliphatic rings. The van der Waals surface area contributed by atoms with Crippen LogP contribution in [0.4, 0.5) is 4.39 Å². The van der Waals surface area contributed by atoms with Gasteiger partial charge in [0.1, 0.15) is 5.82 Å². The minimum atomic E-state index is -0.280. The summed E-state index contributed by atoms with van der Waals surface area (Å²) in [5, 5.41) is 1.68. The summed E-state index contributed by atoms with van der Waals surface area (Å²) >= 11 is 0. The van der Waals surface area contributed by atoms with Crippen LogP contribution in [-0.4, -0.2) is 61.3 Å². The van der Waals surface area contributed by atoms with E-state index < -0.39 is 0 Å². The molecule has 2 aliphatic heterocycles. The molecule has 3 rings (SSSR count). The Morgan fingerprint density at radius 3 is 2.71 bits per heavy atom. The Hall–Kier alpha value is -1.50. The molecule has 1 aromatic carbocycles. The van der Waals surface area contributed by atoms with Crippen LogP contribution < -0.4 is 5.43 Å². The molecular weight excluding hydrogens is 273 g/mol. The molecule has 5 nitrogen and oxygen atoms in total. The second-order valence-electron chi connectivity index (χ2n) is 5.47. The average molecular weight is 293 g/mol. The van der Waals surface area contributed by atoms with Gasteiger partial charge in [-0.1, -0.05) is 12.1 Å². The lowest BCUT2D eigenvalue weighted by Crippen LogP contribution is -2.46. The third-order valence-corrected chi connectivity index (χ3v) is 4.04. The van der Waals surface area contributed by atoms with Gasteiger partial charge in [0, 0.05) is 25.7 Å². The number of carbonyl (C=O) groups is 1. The Labute approximate surface area is 123 Å². The number of rotatable bonds is 3. The maximum atomic E-state index is 12.9. The predicted octanol–water partition coefficient (Wildman–Crippen LogP) is 0.416. The summed E-state index contributed by atoms with van der Waals surface area (Å²) in [6, 6.07) is 6.43. The van der Waals surface area contributed by atoms with Crippen molar-refractivity contribution in [1.29, 1.82) is 0 Å². The van der Waals surface area contributed by atoms with Crippen LogP contribution in [0.15, 0.2) is 24.3 Å². The number of hydrazine groups is 1. The van der Waals surface area contributed by atoms with E-state index in [-0.39, 0.29) is 11.7 Å². The lowest BCUT2D eigenvalue weighted by atomic mass is 10.1. The topological polar surface area (TPSA) is 44.8 Å². The molecule has 0 bridgehead atoms. The highest BCUT2D eigenvalue weighted by Crippen LogP contribution is 2.12. The molecule has 1 amide bonds. The molecule has 2 saturated heterocycles. The Balaban J connectivity index is 1.53. The van der Waals surface area contributed by atoms with E-state index in [1.165, 1.54) is 12.1 Å². The summed E-state index contributed by atoms with van der Waals surface area (Å²) < 4.78 is 18.2. The molecule has 1 unspecified atom stereocenters. The van der Waals surface area contributed by atoms with Crippen molar-refractivity contribution in [3.63, 3.8) is 0 Å². The number of halogens is 1. The zero-order chi connectivity index (χ0) is 14.7. The van der Waals surface area contributed by atoms with E-state index in [1.54, 1.807) is 17.1 Å². The number of ether oxygens (including phenoxy) is 1. The average Bonchev–Trinajstić information content (AvgIpc) is 3.00. The highest BCUT2D eigenvalue weighted by molar-refractivity contribution is 5.78. The van der Waals surface area contributed by atoms with Crippen LogP contribution in [0.5, 0.6) is 0 Å². The van der Waals surface area contributed by atoms with Crippen molar-refractivity contribution in [2.24, 2.45) is 0 Å². The highest BCUT2D eigenvalue weighted by atomic mass is 19.1. The van der Waals surface area contributed by atoms with E-state index in [2.05, 4.69) is 10.3 Å². The molecule has 1 atom stereocenters. The van der Waals surface area contributed by atoms with Crippen molar-refractivity contribution >= 4 is 5.91 Å². The second-order valence-corrected chi connectivity index (χ2v) is 5.47. The van der Waals surface area contributed by atoms with Crippen molar-refractivity contribution in [2.75, 3.05) is 39.4 Å². The lowest BCUT2D eigenvalue weighted by Gasteiger charge is -2.31. The van der Waals surface area contributed by atoms with Gasteiger partial charge in [-0.05, 0) is 17.7 Å². The van der Waals surface area contributed by atoms with Gasteiger partial charge in [0.25, 0.3) is 0 Å². The van der Waals surface area contributed by atoms with Crippen LogP contribution in [-0.2, 0) is 16.0 Å². The number of benzene rings is 1. The molecule has 0 spiro atoms. The first-order chi connectivity index (χ1) is 10.2. The zero-order valence-corrected chi connectivity index (χ0v) is 11.9. The van der Waals surface area contributed by atoms with Gasteiger partial charge in [0.2, 0.25) is 5.91 Å². The minimum absolute atomic E-state index is 0.0253. The van der Waals surface area contributed by atoms with Crippen LogP contribution in [0.1, 0.15) is 5.56 Å². The molecular formula is C15H20FN3O2. The molecule has 0 radical (unpaired) electrons. The third kappa shape index (κ3) is 3.58. The van der Waals surface area contributed by atoms with Gasteiger partial charge in [0.05, 0.1) is 26.2 Å². The Morgan fingerprint density at radius 2 is 2.00 bits per heavy atom. The van der Waals surface area contributed by atoms with Gasteiger partial charge in [-0.3, -0.25) is 14.7 Å². The molecule has 1 N–H and O–H groups in total. The Morgan fingerprint density at radius 1 is 1.29 bits per heavy atom. The third-order valence-electron chi connectivity index (χ3n) is 4.04. The molecule has 0 aromatic heterocycles. The van der Waals surface area contributed by atoms with Gasteiger partial charge in [0.15, 0.2) is 0 Å². The summed E-state index contributed by atoms with van der Waals surface area (Å²) in [4.78, 5) is 14.6. The van der Waals surface area contributed by atoms with Crippen molar-refractivity contribution in [2.45, 2.75) is 12.5 Å². The first-order valence-electron chi connectivity index (χ1n) is 7.32. The van der Waals surface area contributed by atoms with Crippen molar-refractivity contribution < 1.29 is 13.9 Å². The van der Waals surface area contributed by atoms with E-state index in [1.807, 2.05) is 0 Å². The van der Waals surface area contributed by atoms with E-state index in [4.69, 9.17) is 4.74 Å². The van der Waals surface area contributed by atoms with E-state index >= 15 is 0 Å². The molecule has 2 fully saturated rings. The number of nitrogens with zero attached hydrogens (tertiary/aromatic N) is 2. The molecule has 6 heteroatoms. The molecule has 2 heterocycles. The maximum absolute atomic E-state index is 12.9. The minimum Gasteiger partial charge on any atom is -0.379 e. The maximum Gasteiger partial charge on any atom is 0.241 e. The van der Waals surface area contributed by atoms with Crippen LogP contribution in [0.2, 0.25) is 0 Å². The van der Waals surface area contributed by atoms with Crippen LogP contribution in [0.25, 0.3) is 0 Å². The largest absolute Gasteiger partial charge is 0.379 e. The number of hydrogen-bond acceptors (Lipinski definition) is 4. The highest BCUT2D eigenvalue weighted by Gasteiger charge is 2.30. The van der Waals surface area contributed by atoms with Gasteiger partial charge in [-0.2, -0.15) is 0 Å². The molecule has 0 aliphatic carbocycles. The SMILES string of the molecule is O=C(Cc1ccc(F)cc1)N1CC(N2CCOCC2)CN1. The normalized spacial score (nSPS) is 23.5. The number of morpholine rings is 1. The quantitative estimate of drug-likeness (QED) is 0.877. The Bertz CT molecular complexity index is 488. The molecule has 0 saturated carbocycles. The zero-order valence-electron chi connectivity index (χ0n) is 11.9. The number of carbonyl (C=O) groups excluding carboxylic acids is 1. The summed E-state index contributed by atoms with van der Waals surface area (Å²) in [6.45, 7) is 4.86. The van der Waals surface area contributed by atoms with E-state index in [0.717, 1.165) is 38.4 Å². The number of amides is 1. The van der Waals surface area contributed by atoms with Crippen molar-refractivity contribution in [3.8, 4) is 0 Å². The first kappa shape index (κ1) is 14.4. The molecule has 21 heavy (non-hydrogen) atoms. The predicted molar refractivity (Wildman–Crippen MR) is 76.0 cm³/mol. The summed E-state index contributed by atoms with van der Waals surface area (Å²) in [7, 11) is 0. The standard InChI is InChI=1S/C15H20FN3O2/c16-13-3-1-12(2-4-13)9-15(20)19-11-14(10-17-19)18-5-7-21-8-6-18/h1-4,14,17H,5-11H2. The van der Waals surface area contributed by atoms with E-state index in [0.29, 0.717) is 19.0 Å². The summed E-state index contributed by atoms with van der Waals surface area (Å²) in [6.07, 6.45) is 0.295. The van der Waals surface area contributed by atoms with Crippen LogP contribution in [0.3, 0.4) is 0 Å². The fraction of sp³-hybridized carbons (Fsp3) is 0.533. The molecule has 114 valence electrons. The smallest absolute Gasteiger partial charge is 0.241 e. The van der Waals surface area contributed by atoms with Gasteiger partial charge >= 0.3 is 0 Å². The van der Waals surface area contributed by atoms with Crippen molar-refractivity contribution in [1.82, 2.24) is 15.3 Å². The van der Waals surface area contributed by atoms with E-state index in [9.17, 15) is 9.18 Å². The summed E-state index contributed by atoms with van der Waals surface area (Å²) in [5.41, 5.74) is 3.99. The fourth-order valence-electron chi connectivity index (χ4n) is 2.80. The van der Waals surface area contributed by atoms with Gasteiger partial charge in [-0.25, -0.2) is 9.82 Å². The van der Waals surface area contributed by atoms with Gasteiger partial charge in [-0.15, -0.1) is 0 Å². The fourth-order valence-corrected chi connectivity index (χ4v) is 2.80. The number of nitrogens with one attached hydrogen (secondary N) is 1. The van der Waals surface area contributed by atoms with Crippen LogP contribution >= 0.6 is 0 Å². The second kappa shape index (κ2) is 6.51. The number of hydrogen-bond donors (Lipinski definition) is 1. The van der Waals surface area contributed by atoms with Gasteiger partial charge < -0.3 is 4.74 Å². The summed E-state index contributed by atoms with van der Waals surface area (Å²) in [5.74, 6) is -0.254. The Kier molecular flexibility index (Phi) is 4.48. The van der Waals surface area contributed by atoms with Crippen molar-refractivity contribution in [3.05, 3.63) is 35.6 Å². The lowest BCUT2D eigenvalue weighted by molar-refractivity contribution is -0.132. The first-order valence-corrected chi connectivity index (χ1v) is 7.32.